The van der Waals surface area contributed by atoms with Gasteiger partial charge in [-0.15, -0.1) is 0 Å². The second kappa shape index (κ2) is 9.19. The summed E-state index contributed by atoms with van der Waals surface area (Å²) in [5.41, 5.74) is 1.10. The number of para-hydroxylation sites is 1. The van der Waals surface area contributed by atoms with Gasteiger partial charge < -0.3 is 19.8 Å². The molecule has 0 atom stereocenters. The molecule has 4 rings (SSSR count). The van der Waals surface area contributed by atoms with Crippen LogP contribution in [0.25, 0.3) is 0 Å². The molecule has 3 aromatic carbocycles. The standard InChI is InChI=1S/C24H17ClN2O4/c25-16-8-13-21(27-24(29)22-7-4-14-30-22)20(15-16)23(28)26-17-9-11-19(12-10-17)31-18-5-2-1-3-6-18/h1-15H,(H,26,28)(H,27,29). The van der Waals surface area contributed by atoms with Gasteiger partial charge in [0, 0.05) is 10.7 Å². The van der Waals surface area contributed by atoms with Gasteiger partial charge in [-0.2, -0.15) is 0 Å². The molecule has 31 heavy (non-hydrogen) atoms. The number of nitrogens with one attached hydrogen (secondary N) is 2. The van der Waals surface area contributed by atoms with E-state index in [1.807, 2.05) is 30.3 Å². The zero-order valence-corrected chi connectivity index (χ0v) is 16.9. The van der Waals surface area contributed by atoms with Crippen molar-refractivity contribution in [2.75, 3.05) is 10.6 Å². The Morgan fingerprint density at radius 1 is 0.774 bits per heavy atom. The molecule has 6 nitrogen and oxygen atoms in total. The van der Waals surface area contributed by atoms with E-state index in [0.29, 0.717) is 22.1 Å². The van der Waals surface area contributed by atoms with Crippen molar-refractivity contribution in [3.63, 3.8) is 0 Å². The van der Waals surface area contributed by atoms with Gasteiger partial charge in [-0.05, 0) is 66.7 Å². The number of carbonyl (C=O) groups is 2. The summed E-state index contributed by atoms with van der Waals surface area (Å²) in [4.78, 5) is 25.2. The minimum atomic E-state index is -0.469. The molecule has 154 valence electrons. The van der Waals surface area contributed by atoms with Gasteiger partial charge in [0.1, 0.15) is 11.5 Å². The van der Waals surface area contributed by atoms with E-state index in [0.717, 1.165) is 5.75 Å². The lowest BCUT2D eigenvalue weighted by Crippen LogP contribution is -2.18. The maximum atomic E-state index is 12.9. The van der Waals surface area contributed by atoms with Crippen molar-refractivity contribution in [1.29, 1.82) is 0 Å². The molecule has 0 aliphatic heterocycles. The molecule has 0 fully saturated rings. The Morgan fingerprint density at radius 2 is 1.52 bits per heavy atom. The van der Waals surface area contributed by atoms with Crippen LogP contribution in [-0.4, -0.2) is 11.8 Å². The van der Waals surface area contributed by atoms with Crippen molar-refractivity contribution in [3.05, 3.63) is 108 Å². The van der Waals surface area contributed by atoms with E-state index in [1.165, 1.54) is 18.4 Å². The van der Waals surface area contributed by atoms with Crippen LogP contribution in [0.1, 0.15) is 20.9 Å². The second-order valence-corrected chi connectivity index (χ2v) is 6.95. The van der Waals surface area contributed by atoms with Crippen molar-refractivity contribution in [1.82, 2.24) is 0 Å². The van der Waals surface area contributed by atoms with E-state index in [-0.39, 0.29) is 11.3 Å². The maximum absolute atomic E-state index is 12.9. The fourth-order valence-electron chi connectivity index (χ4n) is 2.83. The van der Waals surface area contributed by atoms with Gasteiger partial charge in [-0.1, -0.05) is 29.8 Å². The highest BCUT2D eigenvalue weighted by atomic mass is 35.5. The predicted octanol–water partition coefficient (Wildman–Crippen LogP) is 6.23. The first kappa shape index (κ1) is 20.3. The first-order valence-corrected chi connectivity index (χ1v) is 9.75. The fraction of sp³-hybridized carbons (Fsp3) is 0. The fourth-order valence-corrected chi connectivity index (χ4v) is 3.01. The molecule has 0 spiro atoms. The van der Waals surface area contributed by atoms with Crippen molar-refractivity contribution in [2.24, 2.45) is 0 Å². The van der Waals surface area contributed by atoms with E-state index in [9.17, 15) is 9.59 Å². The van der Waals surface area contributed by atoms with Crippen LogP contribution in [0.4, 0.5) is 11.4 Å². The number of ether oxygens (including phenoxy) is 1. The first-order valence-electron chi connectivity index (χ1n) is 9.37. The van der Waals surface area contributed by atoms with E-state index >= 15 is 0 Å². The Bertz CT molecular complexity index is 1190. The molecule has 4 aromatic rings. The van der Waals surface area contributed by atoms with Crippen molar-refractivity contribution in [3.8, 4) is 11.5 Å². The lowest BCUT2D eigenvalue weighted by atomic mass is 10.1. The summed E-state index contributed by atoms with van der Waals surface area (Å²) in [6.07, 6.45) is 1.40. The number of furan rings is 1. The number of anilines is 2. The zero-order valence-electron chi connectivity index (χ0n) is 16.2. The molecule has 0 bridgehead atoms. The normalized spacial score (nSPS) is 10.4. The number of halogens is 1. The van der Waals surface area contributed by atoms with Gasteiger partial charge in [0.25, 0.3) is 11.8 Å². The highest BCUT2D eigenvalue weighted by molar-refractivity contribution is 6.31. The average Bonchev–Trinajstić information content (AvgIpc) is 3.32. The van der Waals surface area contributed by atoms with Crippen LogP contribution in [0.3, 0.4) is 0 Å². The van der Waals surface area contributed by atoms with Gasteiger partial charge >= 0.3 is 0 Å². The largest absolute Gasteiger partial charge is 0.459 e. The second-order valence-electron chi connectivity index (χ2n) is 6.51. The van der Waals surface area contributed by atoms with Gasteiger partial charge in [-0.25, -0.2) is 0 Å². The van der Waals surface area contributed by atoms with Crippen LogP contribution in [-0.2, 0) is 0 Å². The molecule has 0 radical (unpaired) electrons. The molecular weight excluding hydrogens is 416 g/mol. The number of benzene rings is 3. The maximum Gasteiger partial charge on any atom is 0.291 e. The Balaban J connectivity index is 1.48. The van der Waals surface area contributed by atoms with Crippen molar-refractivity contribution in [2.45, 2.75) is 0 Å². The SMILES string of the molecule is O=C(Nc1ccc(Cl)cc1C(=O)Nc1ccc(Oc2ccccc2)cc1)c1ccco1. The minimum Gasteiger partial charge on any atom is -0.459 e. The summed E-state index contributed by atoms with van der Waals surface area (Å²) >= 11 is 6.07. The topological polar surface area (TPSA) is 80.6 Å². The van der Waals surface area contributed by atoms with Crippen LogP contribution in [0.5, 0.6) is 11.5 Å². The number of hydrogen-bond acceptors (Lipinski definition) is 4. The summed E-state index contributed by atoms with van der Waals surface area (Å²) in [6.45, 7) is 0. The zero-order chi connectivity index (χ0) is 21.6. The lowest BCUT2D eigenvalue weighted by molar-refractivity contribution is 0.0996. The molecule has 2 amide bonds. The van der Waals surface area contributed by atoms with Crippen LogP contribution in [0, 0.1) is 0 Å². The Kier molecular flexibility index (Phi) is 6.01. The van der Waals surface area contributed by atoms with Gasteiger partial charge in [0.05, 0.1) is 17.5 Å². The molecule has 1 aromatic heterocycles. The minimum absolute atomic E-state index is 0.135. The Hall–Kier alpha value is -4.03. The molecule has 2 N–H and O–H groups in total. The predicted molar refractivity (Wildman–Crippen MR) is 119 cm³/mol. The van der Waals surface area contributed by atoms with Crippen LogP contribution in [0.2, 0.25) is 5.02 Å². The molecule has 0 saturated carbocycles. The quantitative estimate of drug-likeness (QED) is 0.378. The third-order valence-corrected chi connectivity index (χ3v) is 4.55. The number of carbonyl (C=O) groups excluding carboxylic acids is 2. The molecule has 0 aliphatic rings. The molecule has 0 aliphatic carbocycles. The lowest BCUT2D eigenvalue weighted by Gasteiger charge is -2.12. The van der Waals surface area contributed by atoms with Crippen LogP contribution < -0.4 is 15.4 Å². The van der Waals surface area contributed by atoms with Gasteiger partial charge in [0.15, 0.2) is 5.76 Å². The third-order valence-electron chi connectivity index (χ3n) is 4.31. The summed E-state index contributed by atoms with van der Waals surface area (Å²) in [5.74, 6) is 0.599. The summed E-state index contributed by atoms with van der Waals surface area (Å²) in [5, 5.41) is 5.84. The van der Waals surface area contributed by atoms with E-state index < -0.39 is 11.8 Å². The molecule has 1 heterocycles. The number of hydrogen-bond donors (Lipinski definition) is 2. The first-order chi connectivity index (χ1) is 15.1. The van der Waals surface area contributed by atoms with E-state index in [1.54, 1.807) is 42.5 Å². The summed E-state index contributed by atoms with van der Waals surface area (Å²) in [7, 11) is 0. The highest BCUT2D eigenvalue weighted by Crippen LogP contribution is 2.25. The monoisotopic (exact) mass is 432 g/mol. The number of amides is 2. The van der Waals surface area contributed by atoms with E-state index in [4.69, 9.17) is 20.8 Å². The van der Waals surface area contributed by atoms with Gasteiger partial charge in [0.2, 0.25) is 0 Å². The molecular formula is C24H17ClN2O4. The molecule has 0 unspecified atom stereocenters. The van der Waals surface area contributed by atoms with Gasteiger partial charge in [-0.3, -0.25) is 9.59 Å². The smallest absolute Gasteiger partial charge is 0.291 e. The average molecular weight is 433 g/mol. The van der Waals surface area contributed by atoms with Crippen LogP contribution in [0.15, 0.2) is 95.6 Å². The molecule has 0 saturated heterocycles. The molecule has 7 heteroatoms. The van der Waals surface area contributed by atoms with Crippen molar-refractivity contribution >= 4 is 34.8 Å². The van der Waals surface area contributed by atoms with Crippen molar-refractivity contribution < 1.29 is 18.7 Å². The highest BCUT2D eigenvalue weighted by Gasteiger charge is 2.17. The third kappa shape index (κ3) is 5.12. The summed E-state index contributed by atoms with van der Waals surface area (Å²) < 4.78 is 10.8. The van der Waals surface area contributed by atoms with E-state index in [2.05, 4.69) is 10.6 Å². The summed E-state index contributed by atoms with van der Waals surface area (Å²) in [6, 6.07) is 24.1. The number of rotatable bonds is 6. The van der Waals surface area contributed by atoms with Crippen LogP contribution >= 0.6 is 11.6 Å². The Labute approximate surface area is 183 Å². The Morgan fingerprint density at radius 3 is 2.23 bits per heavy atom.